The second-order valence-corrected chi connectivity index (χ2v) is 7.56. The normalized spacial score (nSPS) is 31.5. The zero-order chi connectivity index (χ0) is 11.1. The van der Waals surface area contributed by atoms with Crippen molar-refractivity contribution in [2.24, 2.45) is 11.8 Å². The van der Waals surface area contributed by atoms with Crippen LogP contribution in [-0.4, -0.2) is 28.2 Å². The molecular formula is C12H20BrNO. The van der Waals surface area contributed by atoms with Crippen LogP contribution in [0.4, 0.5) is 0 Å². The second kappa shape index (κ2) is 4.08. The van der Waals surface area contributed by atoms with E-state index in [0.717, 1.165) is 24.9 Å². The van der Waals surface area contributed by atoms with Crippen molar-refractivity contribution in [3.63, 3.8) is 0 Å². The third-order valence-electron chi connectivity index (χ3n) is 3.64. The number of carbonyl (C=O) groups is 1. The van der Waals surface area contributed by atoms with Crippen molar-refractivity contribution in [1.82, 2.24) is 4.90 Å². The predicted octanol–water partition coefficient (Wildman–Crippen LogP) is 2.81. The number of amides is 1. The van der Waals surface area contributed by atoms with E-state index in [1.807, 2.05) is 13.8 Å². The Morgan fingerprint density at radius 3 is 2.27 bits per heavy atom. The maximum atomic E-state index is 12.1. The van der Waals surface area contributed by atoms with Crippen LogP contribution in [0.15, 0.2) is 0 Å². The standard InChI is InChI=1S/C12H20BrNO/c1-12(2,13)11(15)14-7-9-4-3-5-10(6-9)8-14/h9-10H,3-8H2,1-2H3. The summed E-state index contributed by atoms with van der Waals surface area (Å²) in [5.74, 6) is 1.81. The molecule has 0 radical (unpaired) electrons. The number of alkyl halides is 1. The molecule has 1 amide bonds. The molecule has 2 rings (SSSR count). The van der Waals surface area contributed by atoms with Crippen LogP contribution in [0.25, 0.3) is 0 Å². The van der Waals surface area contributed by atoms with Gasteiger partial charge in [-0.3, -0.25) is 4.79 Å². The van der Waals surface area contributed by atoms with Crippen molar-refractivity contribution in [2.75, 3.05) is 13.1 Å². The Morgan fingerprint density at radius 1 is 1.27 bits per heavy atom. The van der Waals surface area contributed by atoms with Crippen LogP contribution in [0.3, 0.4) is 0 Å². The van der Waals surface area contributed by atoms with Crippen molar-refractivity contribution >= 4 is 21.8 Å². The topological polar surface area (TPSA) is 20.3 Å². The Hall–Kier alpha value is -0.0500. The van der Waals surface area contributed by atoms with Crippen molar-refractivity contribution in [3.05, 3.63) is 0 Å². The van der Waals surface area contributed by atoms with Gasteiger partial charge in [-0.05, 0) is 44.9 Å². The Balaban J connectivity index is 2.02. The van der Waals surface area contributed by atoms with Gasteiger partial charge in [0.2, 0.25) is 5.91 Å². The molecule has 0 N–H and O–H groups in total. The molecular weight excluding hydrogens is 254 g/mol. The molecule has 2 fully saturated rings. The highest BCUT2D eigenvalue weighted by atomic mass is 79.9. The van der Waals surface area contributed by atoms with E-state index in [9.17, 15) is 4.79 Å². The first-order chi connectivity index (χ1) is 6.97. The van der Waals surface area contributed by atoms with Gasteiger partial charge in [-0.1, -0.05) is 22.4 Å². The van der Waals surface area contributed by atoms with Gasteiger partial charge in [0, 0.05) is 13.1 Å². The van der Waals surface area contributed by atoms with Gasteiger partial charge in [0.15, 0.2) is 0 Å². The summed E-state index contributed by atoms with van der Waals surface area (Å²) < 4.78 is -0.390. The molecule has 0 aromatic carbocycles. The molecule has 15 heavy (non-hydrogen) atoms. The smallest absolute Gasteiger partial charge is 0.238 e. The zero-order valence-electron chi connectivity index (χ0n) is 9.63. The summed E-state index contributed by atoms with van der Waals surface area (Å²) in [4.78, 5) is 14.2. The summed E-state index contributed by atoms with van der Waals surface area (Å²) in [6.07, 6.45) is 5.37. The Bertz CT molecular complexity index is 247. The summed E-state index contributed by atoms with van der Waals surface area (Å²) in [5.41, 5.74) is 0. The molecule has 1 heterocycles. The number of piperidine rings is 1. The van der Waals surface area contributed by atoms with Gasteiger partial charge < -0.3 is 4.90 Å². The quantitative estimate of drug-likeness (QED) is 0.673. The molecule has 0 spiro atoms. The van der Waals surface area contributed by atoms with Crippen molar-refractivity contribution in [3.8, 4) is 0 Å². The first-order valence-electron chi connectivity index (χ1n) is 5.95. The highest BCUT2D eigenvalue weighted by molar-refractivity contribution is 9.10. The number of nitrogens with zero attached hydrogens (tertiary/aromatic N) is 1. The van der Waals surface area contributed by atoms with Crippen LogP contribution in [0.5, 0.6) is 0 Å². The predicted molar refractivity (Wildman–Crippen MR) is 65.0 cm³/mol. The maximum Gasteiger partial charge on any atom is 0.238 e. The number of fused-ring (bicyclic) bond motifs is 2. The molecule has 0 aromatic heterocycles. The molecule has 1 aliphatic carbocycles. The lowest BCUT2D eigenvalue weighted by Gasteiger charge is -2.43. The highest BCUT2D eigenvalue weighted by Crippen LogP contribution is 2.35. The first kappa shape index (κ1) is 11.4. The van der Waals surface area contributed by atoms with E-state index < -0.39 is 4.32 Å². The highest BCUT2D eigenvalue weighted by Gasteiger charge is 2.36. The van der Waals surface area contributed by atoms with Gasteiger partial charge in [0.05, 0.1) is 4.32 Å². The molecule has 1 saturated carbocycles. The van der Waals surface area contributed by atoms with E-state index in [1.54, 1.807) is 0 Å². The van der Waals surface area contributed by atoms with Crippen LogP contribution < -0.4 is 0 Å². The monoisotopic (exact) mass is 273 g/mol. The molecule has 1 saturated heterocycles. The second-order valence-electron chi connectivity index (χ2n) is 5.58. The van der Waals surface area contributed by atoms with E-state index in [-0.39, 0.29) is 5.91 Å². The number of rotatable bonds is 1. The summed E-state index contributed by atoms with van der Waals surface area (Å²) in [6, 6.07) is 0. The average molecular weight is 274 g/mol. The van der Waals surface area contributed by atoms with E-state index in [4.69, 9.17) is 0 Å². The molecule has 86 valence electrons. The first-order valence-corrected chi connectivity index (χ1v) is 6.74. The molecule has 2 unspecified atom stereocenters. The number of hydrogen-bond donors (Lipinski definition) is 0. The molecule has 1 aliphatic heterocycles. The minimum Gasteiger partial charge on any atom is -0.341 e. The van der Waals surface area contributed by atoms with E-state index in [2.05, 4.69) is 20.8 Å². The zero-order valence-corrected chi connectivity index (χ0v) is 11.2. The van der Waals surface area contributed by atoms with Crippen molar-refractivity contribution < 1.29 is 4.79 Å². The number of likely N-dealkylation sites (tertiary alicyclic amines) is 1. The third-order valence-corrected chi connectivity index (χ3v) is 3.98. The van der Waals surface area contributed by atoms with Crippen LogP contribution in [0.1, 0.15) is 39.5 Å². The molecule has 2 bridgehead atoms. The van der Waals surface area contributed by atoms with Gasteiger partial charge in [0.25, 0.3) is 0 Å². The largest absolute Gasteiger partial charge is 0.341 e. The third kappa shape index (κ3) is 2.55. The lowest BCUT2D eigenvalue weighted by atomic mass is 9.78. The fourth-order valence-electron chi connectivity index (χ4n) is 2.97. The molecule has 2 nitrogen and oxygen atoms in total. The van der Waals surface area contributed by atoms with Crippen LogP contribution in [0, 0.1) is 11.8 Å². The fraction of sp³-hybridized carbons (Fsp3) is 0.917. The van der Waals surface area contributed by atoms with E-state index in [0.29, 0.717) is 0 Å². The van der Waals surface area contributed by atoms with Crippen LogP contribution in [0.2, 0.25) is 0 Å². The Kier molecular flexibility index (Phi) is 3.11. The van der Waals surface area contributed by atoms with Crippen molar-refractivity contribution in [1.29, 1.82) is 0 Å². The van der Waals surface area contributed by atoms with Crippen molar-refractivity contribution in [2.45, 2.75) is 43.9 Å². The summed E-state index contributed by atoms with van der Waals surface area (Å²) >= 11 is 3.47. The van der Waals surface area contributed by atoms with Crippen LogP contribution in [-0.2, 0) is 4.79 Å². The number of carbonyl (C=O) groups excluding carboxylic acids is 1. The van der Waals surface area contributed by atoms with E-state index in [1.165, 1.54) is 25.7 Å². The molecule has 0 aromatic rings. The lowest BCUT2D eigenvalue weighted by Crippen LogP contribution is -2.50. The Labute approximate surface area is 101 Å². The number of hydrogen-bond acceptors (Lipinski definition) is 1. The molecule has 2 aliphatic rings. The summed E-state index contributed by atoms with van der Waals surface area (Å²) in [6.45, 7) is 5.87. The van der Waals surface area contributed by atoms with Gasteiger partial charge in [-0.15, -0.1) is 0 Å². The molecule has 2 atom stereocenters. The SMILES string of the molecule is CC(C)(Br)C(=O)N1CC2CCCC(C2)C1. The fourth-order valence-corrected chi connectivity index (χ4v) is 3.22. The summed E-state index contributed by atoms with van der Waals surface area (Å²) in [7, 11) is 0. The van der Waals surface area contributed by atoms with Crippen LogP contribution >= 0.6 is 15.9 Å². The van der Waals surface area contributed by atoms with Gasteiger partial charge >= 0.3 is 0 Å². The lowest BCUT2D eigenvalue weighted by molar-refractivity contribution is -0.136. The minimum absolute atomic E-state index is 0.263. The van der Waals surface area contributed by atoms with Gasteiger partial charge in [-0.25, -0.2) is 0 Å². The Morgan fingerprint density at radius 2 is 1.80 bits per heavy atom. The minimum atomic E-state index is -0.390. The average Bonchev–Trinajstić information content (AvgIpc) is 2.14. The van der Waals surface area contributed by atoms with Gasteiger partial charge in [0.1, 0.15) is 0 Å². The maximum absolute atomic E-state index is 12.1. The molecule has 3 heteroatoms. The van der Waals surface area contributed by atoms with Gasteiger partial charge in [-0.2, -0.15) is 0 Å². The summed E-state index contributed by atoms with van der Waals surface area (Å²) in [5, 5.41) is 0. The number of halogens is 1. The van der Waals surface area contributed by atoms with E-state index >= 15 is 0 Å².